The molecule has 1 fully saturated rings. The summed E-state index contributed by atoms with van der Waals surface area (Å²) in [6.45, 7) is 7.00. The van der Waals surface area contributed by atoms with Crippen LogP contribution in [0.5, 0.6) is 0 Å². The van der Waals surface area contributed by atoms with Gasteiger partial charge < -0.3 is 14.8 Å². The van der Waals surface area contributed by atoms with Crippen molar-refractivity contribution >= 4 is 11.6 Å². The van der Waals surface area contributed by atoms with Crippen molar-refractivity contribution in [2.45, 2.75) is 19.9 Å². The first-order valence-electron chi connectivity index (χ1n) is 9.32. The predicted molar refractivity (Wildman–Crippen MR) is 105 cm³/mol. The van der Waals surface area contributed by atoms with Crippen molar-refractivity contribution in [3.8, 4) is 11.3 Å². The molecule has 0 spiro atoms. The van der Waals surface area contributed by atoms with Gasteiger partial charge in [-0.2, -0.15) is 0 Å². The normalized spacial score (nSPS) is 15.3. The predicted octanol–water partition coefficient (Wildman–Crippen LogP) is 2.34. The minimum atomic E-state index is -0.814. The first kappa shape index (κ1) is 17.7. The van der Waals surface area contributed by atoms with E-state index in [0.29, 0.717) is 0 Å². The van der Waals surface area contributed by atoms with Gasteiger partial charge in [0.2, 0.25) is 0 Å². The maximum absolute atomic E-state index is 10.9. The number of benzene rings is 1. The third-order valence-corrected chi connectivity index (χ3v) is 5.03. The van der Waals surface area contributed by atoms with Crippen molar-refractivity contribution in [2.24, 2.45) is 0 Å². The van der Waals surface area contributed by atoms with Crippen LogP contribution in [0.1, 0.15) is 16.8 Å². The standard InChI is InChI=1S/C21H24N4O2/c1-15-2-7-19-23-21(17-5-3-16(4-6-17)12-20(26)27)18(25(19)13-15)14-24-10-8-22-9-11-24/h2-7,13,22H,8-12,14H2,1H3,(H,26,27). The third kappa shape index (κ3) is 3.86. The number of pyridine rings is 1. The van der Waals surface area contributed by atoms with Gasteiger partial charge in [0, 0.05) is 44.5 Å². The molecule has 0 bridgehead atoms. The molecule has 140 valence electrons. The number of imidazole rings is 1. The van der Waals surface area contributed by atoms with Gasteiger partial charge in [0.15, 0.2) is 0 Å². The largest absolute Gasteiger partial charge is 0.481 e. The zero-order chi connectivity index (χ0) is 18.8. The number of aryl methyl sites for hydroxylation is 1. The van der Waals surface area contributed by atoms with Gasteiger partial charge in [-0.3, -0.25) is 9.69 Å². The van der Waals surface area contributed by atoms with Gasteiger partial charge in [-0.1, -0.05) is 30.3 Å². The van der Waals surface area contributed by atoms with Crippen molar-refractivity contribution in [1.82, 2.24) is 19.6 Å². The number of aromatic nitrogens is 2. The van der Waals surface area contributed by atoms with Crippen LogP contribution in [-0.4, -0.2) is 51.5 Å². The number of fused-ring (bicyclic) bond motifs is 1. The van der Waals surface area contributed by atoms with E-state index in [1.807, 2.05) is 24.3 Å². The monoisotopic (exact) mass is 364 g/mol. The number of rotatable bonds is 5. The van der Waals surface area contributed by atoms with Crippen LogP contribution < -0.4 is 5.32 Å². The fourth-order valence-electron chi connectivity index (χ4n) is 3.62. The third-order valence-electron chi connectivity index (χ3n) is 5.03. The SMILES string of the molecule is Cc1ccc2nc(-c3ccc(CC(=O)O)cc3)c(CN3CCNCC3)n2c1. The molecule has 3 aromatic rings. The van der Waals surface area contributed by atoms with Gasteiger partial charge in [0.1, 0.15) is 5.65 Å². The van der Waals surface area contributed by atoms with Crippen molar-refractivity contribution < 1.29 is 9.90 Å². The molecule has 0 radical (unpaired) electrons. The molecule has 0 unspecified atom stereocenters. The fourth-order valence-corrected chi connectivity index (χ4v) is 3.62. The summed E-state index contributed by atoms with van der Waals surface area (Å²) in [6, 6.07) is 11.9. The molecule has 0 saturated carbocycles. The quantitative estimate of drug-likeness (QED) is 0.727. The highest BCUT2D eigenvalue weighted by atomic mass is 16.4. The van der Waals surface area contributed by atoms with Crippen LogP contribution in [0.3, 0.4) is 0 Å². The topological polar surface area (TPSA) is 69.9 Å². The smallest absolute Gasteiger partial charge is 0.307 e. The summed E-state index contributed by atoms with van der Waals surface area (Å²) in [6.07, 6.45) is 2.18. The Morgan fingerprint density at radius 1 is 1.15 bits per heavy atom. The molecule has 4 rings (SSSR count). The maximum atomic E-state index is 10.9. The van der Waals surface area contributed by atoms with Crippen molar-refractivity contribution in [1.29, 1.82) is 0 Å². The zero-order valence-electron chi connectivity index (χ0n) is 15.5. The first-order valence-corrected chi connectivity index (χ1v) is 9.32. The molecule has 6 heteroatoms. The van der Waals surface area contributed by atoms with Gasteiger partial charge in [0.05, 0.1) is 17.8 Å². The summed E-state index contributed by atoms with van der Waals surface area (Å²) in [5, 5.41) is 12.4. The lowest BCUT2D eigenvalue weighted by molar-refractivity contribution is -0.136. The molecule has 3 heterocycles. The second-order valence-electron chi connectivity index (χ2n) is 7.14. The first-order chi connectivity index (χ1) is 13.1. The molecule has 2 aromatic heterocycles. The van der Waals surface area contributed by atoms with Crippen LogP contribution in [0.25, 0.3) is 16.9 Å². The van der Waals surface area contributed by atoms with Crippen LogP contribution in [0.15, 0.2) is 42.6 Å². The van der Waals surface area contributed by atoms with E-state index in [1.165, 1.54) is 11.3 Å². The number of nitrogens with one attached hydrogen (secondary N) is 1. The van der Waals surface area contributed by atoms with E-state index >= 15 is 0 Å². The molecule has 1 saturated heterocycles. The molecule has 1 aliphatic rings. The van der Waals surface area contributed by atoms with E-state index in [9.17, 15) is 4.79 Å². The van der Waals surface area contributed by atoms with Gasteiger partial charge in [-0.15, -0.1) is 0 Å². The van der Waals surface area contributed by atoms with E-state index in [2.05, 4.69) is 39.9 Å². The Hall–Kier alpha value is -2.70. The summed E-state index contributed by atoms with van der Waals surface area (Å²) in [5.74, 6) is -0.814. The van der Waals surface area contributed by atoms with Crippen LogP contribution in [0, 0.1) is 6.92 Å². The molecule has 2 N–H and O–H groups in total. The number of hydrogen-bond donors (Lipinski definition) is 2. The Bertz CT molecular complexity index is 956. The molecule has 1 aromatic carbocycles. The zero-order valence-corrected chi connectivity index (χ0v) is 15.5. The number of nitrogens with zero attached hydrogens (tertiary/aromatic N) is 3. The number of piperazine rings is 1. The van der Waals surface area contributed by atoms with Crippen molar-refractivity contribution in [3.63, 3.8) is 0 Å². The second-order valence-corrected chi connectivity index (χ2v) is 7.14. The Morgan fingerprint density at radius 2 is 1.89 bits per heavy atom. The van der Waals surface area contributed by atoms with E-state index < -0.39 is 5.97 Å². The van der Waals surface area contributed by atoms with E-state index in [-0.39, 0.29) is 6.42 Å². The highest BCUT2D eigenvalue weighted by Crippen LogP contribution is 2.27. The number of hydrogen-bond acceptors (Lipinski definition) is 4. The van der Waals surface area contributed by atoms with Crippen LogP contribution >= 0.6 is 0 Å². The van der Waals surface area contributed by atoms with E-state index in [1.54, 1.807) is 0 Å². The number of carbonyl (C=O) groups is 1. The summed E-state index contributed by atoms with van der Waals surface area (Å²) in [5.41, 5.74) is 6.12. The summed E-state index contributed by atoms with van der Waals surface area (Å²) >= 11 is 0. The minimum absolute atomic E-state index is 0.0400. The highest BCUT2D eigenvalue weighted by molar-refractivity contribution is 5.71. The molecular formula is C21H24N4O2. The lowest BCUT2D eigenvalue weighted by atomic mass is 10.1. The van der Waals surface area contributed by atoms with Gasteiger partial charge in [-0.05, 0) is 24.1 Å². The molecule has 0 amide bonds. The minimum Gasteiger partial charge on any atom is -0.481 e. The Labute approximate surface area is 158 Å². The highest BCUT2D eigenvalue weighted by Gasteiger charge is 2.18. The number of aliphatic carboxylic acids is 1. The number of carboxylic acids is 1. The maximum Gasteiger partial charge on any atom is 0.307 e. The van der Waals surface area contributed by atoms with Crippen molar-refractivity contribution in [2.75, 3.05) is 26.2 Å². The summed E-state index contributed by atoms with van der Waals surface area (Å²) < 4.78 is 2.19. The average molecular weight is 364 g/mol. The Balaban J connectivity index is 1.74. The van der Waals surface area contributed by atoms with Crippen LogP contribution in [0.2, 0.25) is 0 Å². The second kappa shape index (κ2) is 7.50. The van der Waals surface area contributed by atoms with Crippen molar-refractivity contribution in [3.05, 3.63) is 59.4 Å². The molecule has 0 aliphatic carbocycles. The Kier molecular flexibility index (Phi) is 4.92. The molecular weight excluding hydrogens is 340 g/mol. The number of carboxylic acid groups (broad SMARTS) is 1. The van der Waals surface area contributed by atoms with Gasteiger partial charge in [0.25, 0.3) is 0 Å². The summed E-state index contributed by atoms with van der Waals surface area (Å²) in [4.78, 5) is 18.3. The molecule has 27 heavy (non-hydrogen) atoms. The van der Waals surface area contributed by atoms with Crippen LogP contribution in [-0.2, 0) is 17.8 Å². The summed E-state index contributed by atoms with van der Waals surface area (Å²) in [7, 11) is 0. The van der Waals surface area contributed by atoms with Crippen LogP contribution in [0.4, 0.5) is 0 Å². The molecule has 6 nitrogen and oxygen atoms in total. The Morgan fingerprint density at radius 3 is 2.59 bits per heavy atom. The van der Waals surface area contributed by atoms with E-state index in [0.717, 1.165) is 55.2 Å². The molecule has 0 atom stereocenters. The fraction of sp³-hybridized carbons (Fsp3) is 0.333. The lowest BCUT2D eigenvalue weighted by Crippen LogP contribution is -2.43. The molecule has 1 aliphatic heterocycles. The lowest BCUT2D eigenvalue weighted by Gasteiger charge is -2.27. The van der Waals surface area contributed by atoms with Gasteiger partial charge in [-0.25, -0.2) is 4.98 Å². The van der Waals surface area contributed by atoms with E-state index in [4.69, 9.17) is 10.1 Å². The average Bonchev–Trinajstić information content (AvgIpc) is 3.00. The van der Waals surface area contributed by atoms with Gasteiger partial charge >= 0.3 is 5.97 Å².